The lowest BCUT2D eigenvalue weighted by Crippen LogP contribution is -2.02. The predicted molar refractivity (Wildman–Crippen MR) is 51.5 cm³/mol. The van der Waals surface area contributed by atoms with Gasteiger partial charge < -0.3 is 0 Å². The third-order valence-electron chi connectivity index (χ3n) is 1.65. The molecule has 0 aliphatic heterocycles. The Morgan fingerprint density at radius 2 is 2.00 bits per heavy atom. The molecular weight excluding hydrogens is 265 g/mol. The van der Waals surface area contributed by atoms with E-state index in [1.807, 2.05) is 0 Å². The summed E-state index contributed by atoms with van der Waals surface area (Å²) >= 11 is 0. The molecule has 6 nitrogen and oxygen atoms in total. The van der Waals surface area contributed by atoms with Crippen molar-refractivity contribution in [3.05, 3.63) is 33.6 Å². The van der Waals surface area contributed by atoms with Crippen LogP contribution in [0.15, 0.2) is 17.0 Å². The summed E-state index contributed by atoms with van der Waals surface area (Å²) in [7, 11) is 0.375. The molecule has 16 heavy (non-hydrogen) atoms. The van der Waals surface area contributed by atoms with E-state index in [-0.39, 0.29) is 6.29 Å². The van der Waals surface area contributed by atoms with Crippen LogP contribution >= 0.6 is 10.7 Å². The van der Waals surface area contributed by atoms with Crippen molar-refractivity contribution in [1.29, 1.82) is 0 Å². The number of carbonyl (C=O) groups is 1. The monoisotopic (exact) mass is 267 g/mol. The molecule has 0 heterocycles. The first kappa shape index (κ1) is 12.5. The Bertz CT molecular complexity index is 570. The van der Waals surface area contributed by atoms with Crippen LogP contribution in [0.5, 0.6) is 0 Å². The summed E-state index contributed by atoms with van der Waals surface area (Å²) in [4.78, 5) is 18.7. The molecule has 86 valence electrons. The zero-order valence-electron chi connectivity index (χ0n) is 7.38. The Labute approximate surface area is 93.2 Å². The van der Waals surface area contributed by atoms with Gasteiger partial charge in [0.05, 0.1) is 10.5 Å². The Morgan fingerprint density at radius 3 is 2.38 bits per heavy atom. The van der Waals surface area contributed by atoms with Gasteiger partial charge in [-0.25, -0.2) is 12.8 Å². The Morgan fingerprint density at radius 1 is 1.44 bits per heavy atom. The van der Waals surface area contributed by atoms with E-state index >= 15 is 0 Å². The van der Waals surface area contributed by atoms with Crippen LogP contribution in [0.25, 0.3) is 0 Å². The maximum absolute atomic E-state index is 13.3. The maximum Gasteiger partial charge on any atom is 0.271 e. The van der Waals surface area contributed by atoms with Crippen LogP contribution < -0.4 is 0 Å². The van der Waals surface area contributed by atoms with Crippen molar-refractivity contribution in [3.63, 3.8) is 0 Å². The molecule has 1 rings (SSSR count). The number of nitrogens with zero attached hydrogens (tertiary/aromatic N) is 1. The number of non-ortho nitro benzene ring substituents is 1. The highest BCUT2D eigenvalue weighted by atomic mass is 35.7. The van der Waals surface area contributed by atoms with Gasteiger partial charge in [0.2, 0.25) is 0 Å². The number of benzene rings is 1. The molecule has 9 heteroatoms. The second-order valence-corrected chi connectivity index (χ2v) is 5.19. The first-order chi connectivity index (χ1) is 7.27. The fourth-order valence-electron chi connectivity index (χ4n) is 0.973. The number of nitro groups is 1. The third kappa shape index (κ3) is 2.34. The number of hydrogen-bond acceptors (Lipinski definition) is 5. The number of rotatable bonds is 3. The Balaban J connectivity index is 3.68. The van der Waals surface area contributed by atoms with E-state index in [1.165, 1.54) is 0 Å². The SMILES string of the molecule is O=Cc1cc([N+](=O)[O-])cc(S(=O)(=O)Cl)c1F. The molecule has 0 amide bonds. The summed E-state index contributed by atoms with van der Waals surface area (Å²) in [5.41, 5.74) is -1.48. The highest BCUT2D eigenvalue weighted by Gasteiger charge is 2.24. The minimum atomic E-state index is -4.49. The van der Waals surface area contributed by atoms with Crippen molar-refractivity contribution in [3.8, 4) is 0 Å². The molecule has 0 spiro atoms. The molecule has 1 aromatic carbocycles. The van der Waals surface area contributed by atoms with Crippen LogP contribution in [-0.2, 0) is 9.05 Å². The summed E-state index contributed by atoms with van der Waals surface area (Å²) in [5, 5.41) is 10.4. The van der Waals surface area contributed by atoms with Crippen LogP contribution in [0.4, 0.5) is 10.1 Å². The van der Waals surface area contributed by atoms with E-state index in [2.05, 4.69) is 0 Å². The molecule has 1 aromatic rings. The number of aldehydes is 1. The molecule has 0 bridgehead atoms. The lowest BCUT2D eigenvalue weighted by Gasteiger charge is -2.01. The summed E-state index contributed by atoms with van der Waals surface area (Å²) in [6.07, 6.45) is -0.0338. The Hall–Kier alpha value is -1.54. The molecule has 0 radical (unpaired) electrons. The Kier molecular flexibility index (Phi) is 3.24. The van der Waals surface area contributed by atoms with Crippen molar-refractivity contribution in [2.75, 3.05) is 0 Å². The van der Waals surface area contributed by atoms with Gasteiger partial charge in [-0.05, 0) is 0 Å². The van der Waals surface area contributed by atoms with Crippen LogP contribution in [0.1, 0.15) is 10.4 Å². The van der Waals surface area contributed by atoms with E-state index in [9.17, 15) is 27.7 Å². The van der Waals surface area contributed by atoms with Crippen LogP contribution in [-0.4, -0.2) is 19.6 Å². The quantitative estimate of drug-likeness (QED) is 0.358. The van der Waals surface area contributed by atoms with E-state index < -0.39 is 35.9 Å². The predicted octanol–water partition coefficient (Wildman–Crippen LogP) is 1.47. The lowest BCUT2D eigenvalue weighted by molar-refractivity contribution is -0.385. The summed E-state index contributed by atoms with van der Waals surface area (Å²) < 4.78 is 35.1. The minimum absolute atomic E-state index is 0.0338. The molecule has 0 fully saturated rings. The first-order valence-electron chi connectivity index (χ1n) is 3.65. The number of hydrogen-bond donors (Lipinski definition) is 0. The molecule has 0 saturated carbocycles. The largest absolute Gasteiger partial charge is 0.298 e. The standard InChI is InChI=1S/C7H3ClFNO5S/c8-16(14,15)6-2-5(10(12)13)1-4(3-11)7(6)9/h1-3H. The first-order valence-corrected chi connectivity index (χ1v) is 5.96. The summed E-state index contributed by atoms with van der Waals surface area (Å²) in [6.45, 7) is 0. The second-order valence-electron chi connectivity index (χ2n) is 2.66. The van der Waals surface area contributed by atoms with Crippen LogP contribution in [0.2, 0.25) is 0 Å². The molecule has 0 N–H and O–H groups in total. The van der Waals surface area contributed by atoms with Crippen molar-refractivity contribution in [2.24, 2.45) is 0 Å². The van der Waals surface area contributed by atoms with E-state index in [0.717, 1.165) is 0 Å². The zero-order valence-corrected chi connectivity index (χ0v) is 8.96. The van der Waals surface area contributed by atoms with Gasteiger partial charge in [-0.3, -0.25) is 14.9 Å². The molecule has 0 aromatic heterocycles. The van der Waals surface area contributed by atoms with Crippen molar-refractivity contribution in [2.45, 2.75) is 4.90 Å². The average Bonchev–Trinajstić information content (AvgIpc) is 2.15. The molecule has 0 aliphatic carbocycles. The van der Waals surface area contributed by atoms with Crippen molar-refractivity contribution in [1.82, 2.24) is 0 Å². The highest BCUT2D eigenvalue weighted by molar-refractivity contribution is 8.13. The number of carbonyl (C=O) groups excluding carboxylic acids is 1. The lowest BCUT2D eigenvalue weighted by atomic mass is 10.2. The van der Waals surface area contributed by atoms with E-state index in [4.69, 9.17) is 10.7 Å². The van der Waals surface area contributed by atoms with Crippen molar-refractivity contribution < 1.29 is 22.5 Å². The van der Waals surface area contributed by atoms with Gasteiger partial charge in [-0.1, -0.05) is 0 Å². The van der Waals surface area contributed by atoms with Gasteiger partial charge >= 0.3 is 0 Å². The molecular formula is C7H3ClFNO5S. The fourth-order valence-corrected chi connectivity index (χ4v) is 1.90. The average molecular weight is 268 g/mol. The fraction of sp³-hybridized carbons (Fsp3) is 0. The van der Waals surface area contributed by atoms with Gasteiger partial charge in [0.25, 0.3) is 14.7 Å². The topological polar surface area (TPSA) is 94.3 Å². The van der Waals surface area contributed by atoms with E-state index in [0.29, 0.717) is 12.1 Å². The zero-order chi connectivity index (χ0) is 12.5. The molecule has 0 atom stereocenters. The van der Waals surface area contributed by atoms with Crippen LogP contribution in [0, 0.1) is 15.9 Å². The van der Waals surface area contributed by atoms with Crippen molar-refractivity contribution >= 4 is 31.7 Å². The van der Waals surface area contributed by atoms with Gasteiger partial charge in [-0.15, -0.1) is 0 Å². The minimum Gasteiger partial charge on any atom is -0.298 e. The summed E-state index contributed by atoms with van der Waals surface area (Å²) in [6, 6.07) is 1.07. The molecule has 0 unspecified atom stereocenters. The van der Waals surface area contributed by atoms with Gasteiger partial charge in [0.1, 0.15) is 4.90 Å². The molecule has 0 aliphatic rings. The third-order valence-corrected chi connectivity index (χ3v) is 2.97. The second kappa shape index (κ2) is 4.14. The number of halogens is 2. The van der Waals surface area contributed by atoms with Gasteiger partial charge in [-0.2, -0.15) is 0 Å². The van der Waals surface area contributed by atoms with Gasteiger partial charge in [0.15, 0.2) is 12.1 Å². The number of nitro benzene ring substituents is 1. The van der Waals surface area contributed by atoms with E-state index in [1.54, 1.807) is 0 Å². The smallest absolute Gasteiger partial charge is 0.271 e. The maximum atomic E-state index is 13.3. The normalized spacial score (nSPS) is 11.1. The highest BCUT2D eigenvalue weighted by Crippen LogP contribution is 2.26. The molecule has 0 saturated heterocycles. The summed E-state index contributed by atoms with van der Waals surface area (Å²) in [5.74, 6) is -1.41. The van der Waals surface area contributed by atoms with Crippen LogP contribution in [0.3, 0.4) is 0 Å². The van der Waals surface area contributed by atoms with Gasteiger partial charge in [0, 0.05) is 22.8 Å².